The first-order chi connectivity index (χ1) is 16.1. The summed E-state index contributed by atoms with van der Waals surface area (Å²) < 4.78 is 1.53. The van der Waals surface area contributed by atoms with Crippen LogP contribution in [0, 0.1) is 12.8 Å². The third-order valence-corrected chi connectivity index (χ3v) is 6.75. The summed E-state index contributed by atoms with van der Waals surface area (Å²) in [4.78, 5) is 29.4. The van der Waals surface area contributed by atoms with Crippen LogP contribution in [0.4, 0.5) is 11.4 Å². The molecule has 4 aromatic rings. The van der Waals surface area contributed by atoms with Gasteiger partial charge in [0.25, 0.3) is 0 Å². The smallest absolute Gasteiger partial charge is 0.229 e. The van der Waals surface area contributed by atoms with Crippen molar-refractivity contribution in [3.05, 3.63) is 82.8 Å². The summed E-state index contributed by atoms with van der Waals surface area (Å²) in [6.45, 7) is 2.01. The first kappa shape index (κ1) is 21.0. The molecule has 2 aromatic carbocycles. The van der Waals surface area contributed by atoms with E-state index in [0.29, 0.717) is 18.5 Å². The molecule has 166 valence electrons. The number of amides is 2. The van der Waals surface area contributed by atoms with Gasteiger partial charge in [-0.2, -0.15) is 0 Å². The molecular formula is C24H22N6O2S. The minimum atomic E-state index is -0.389. The molecule has 0 saturated carbocycles. The molecule has 33 heavy (non-hydrogen) atoms. The number of tetrazole rings is 1. The van der Waals surface area contributed by atoms with Gasteiger partial charge in [-0.05, 0) is 65.5 Å². The van der Waals surface area contributed by atoms with Crippen LogP contribution in [0.3, 0.4) is 0 Å². The quantitative estimate of drug-likeness (QED) is 0.485. The topological polar surface area (TPSA) is 93.0 Å². The summed E-state index contributed by atoms with van der Waals surface area (Å²) in [5.41, 5.74) is 3.32. The highest BCUT2D eigenvalue weighted by molar-refractivity contribution is 7.10. The zero-order chi connectivity index (χ0) is 22.8. The molecule has 2 aromatic heterocycles. The highest BCUT2D eigenvalue weighted by Crippen LogP contribution is 2.42. The Morgan fingerprint density at radius 2 is 1.94 bits per heavy atom. The van der Waals surface area contributed by atoms with E-state index in [0.717, 1.165) is 21.8 Å². The van der Waals surface area contributed by atoms with Gasteiger partial charge in [0.15, 0.2) is 0 Å². The lowest BCUT2D eigenvalue weighted by Gasteiger charge is -2.40. The molecule has 5 rings (SSSR count). The van der Waals surface area contributed by atoms with Crippen molar-refractivity contribution < 1.29 is 9.59 Å². The number of rotatable bonds is 5. The van der Waals surface area contributed by atoms with Crippen LogP contribution >= 0.6 is 11.3 Å². The number of thiophene rings is 1. The fraction of sp³-hybridized carbons (Fsp3) is 0.208. The predicted octanol–water partition coefficient (Wildman–Crippen LogP) is 4.16. The van der Waals surface area contributed by atoms with E-state index < -0.39 is 0 Å². The van der Waals surface area contributed by atoms with Crippen LogP contribution in [0.2, 0.25) is 0 Å². The molecule has 1 saturated heterocycles. The second-order valence-electron chi connectivity index (χ2n) is 8.00. The summed E-state index contributed by atoms with van der Waals surface area (Å²) in [6, 6.07) is 18.8. The fourth-order valence-corrected chi connectivity index (χ4v) is 5.08. The molecule has 8 nitrogen and oxygen atoms in total. The van der Waals surface area contributed by atoms with Crippen molar-refractivity contribution in [3.63, 3.8) is 0 Å². The van der Waals surface area contributed by atoms with Gasteiger partial charge in [0.2, 0.25) is 11.8 Å². The maximum atomic E-state index is 13.5. The molecule has 2 atom stereocenters. The van der Waals surface area contributed by atoms with Crippen molar-refractivity contribution in [2.45, 2.75) is 25.8 Å². The van der Waals surface area contributed by atoms with Crippen LogP contribution < -0.4 is 10.2 Å². The number of carbonyl (C=O) groups is 2. The molecule has 0 radical (unpaired) electrons. The highest BCUT2D eigenvalue weighted by Gasteiger charge is 2.42. The molecule has 0 aliphatic carbocycles. The minimum absolute atomic E-state index is 0.0296. The average Bonchev–Trinajstić information content (AvgIpc) is 3.54. The number of piperidine rings is 1. The molecule has 3 heterocycles. The number of carbonyl (C=O) groups excluding carboxylic acids is 2. The number of aromatic nitrogens is 4. The first-order valence-electron chi connectivity index (χ1n) is 10.7. The molecule has 2 unspecified atom stereocenters. The molecule has 1 aliphatic heterocycles. The van der Waals surface area contributed by atoms with Crippen molar-refractivity contribution in [1.82, 2.24) is 20.2 Å². The Balaban J connectivity index is 1.46. The number of hydrogen-bond donors (Lipinski definition) is 1. The van der Waals surface area contributed by atoms with E-state index in [4.69, 9.17) is 0 Å². The van der Waals surface area contributed by atoms with Gasteiger partial charge in [-0.1, -0.05) is 29.8 Å². The lowest BCUT2D eigenvalue weighted by molar-refractivity contribution is -0.125. The standard InChI is InChI=1S/C24H22N6O2S/c1-16-7-9-18(10-8-16)30-22(31)12-11-20(23(30)21-6-3-13-33-21)24(32)26-17-4-2-5-19(14-17)29-15-25-27-28-29/h2-10,13-15,20,23H,11-12H2,1H3,(H,26,32). The Morgan fingerprint density at radius 3 is 2.67 bits per heavy atom. The first-order valence-corrected chi connectivity index (χ1v) is 11.5. The number of hydrogen-bond acceptors (Lipinski definition) is 6. The van der Waals surface area contributed by atoms with E-state index in [9.17, 15) is 9.59 Å². The molecular weight excluding hydrogens is 436 g/mol. The van der Waals surface area contributed by atoms with E-state index in [1.54, 1.807) is 16.2 Å². The van der Waals surface area contributed by atoms with E-state index in [2.05, 4.69) is 20.8 Å². The van der Waals surface area contributed by atoms with Gasteiger partial charge < -0.3 is 10.2 Å². The van der Waals surface area contributed by atoms with Crippen molar-refractivity contribution in [1.29, 1.82) is 0 Å². The highest BCUT2D eigenvalue weighted by atomic mass is 32.1. The van der Waals surface area contributed by atoms with E-state index in [1.807, 2.05) is 73.0 Å². The second kappa shape index (κ2) is 8.95. The molecule has 2 amide bonds. The van der Waals surface area contributed by atoms with Crippen molar-refractivity contribution in [2.24, 2.45) is 5.92 Å². The number of anilines is 2. The van der Waals surface area contributed by atoms with Gasteiger partial charge in [0, 0.05) is 22.7 Å². The van der Waals surface area contributed by atoms with Crippen molar-refractivity contribution >= 4 is 34.5 Å². The molecule has 9 heteroatoms. The van der Waals surface area contributed by atoms with Crippen molar-refractivity contribution in [3.8, 4) is 5.69 Å². The maximum absolute atomic E-state index is 13.5. The Labute approximate surface area is 194 Å². The Kier molecular flexibility index (Phi) is 5.70. The number of nitrogens with zero attached hydrogens (tertiary/aromatic N) is 5. The summed E-state index contributed by atoms with van der Waals surface area (Å²) in [5, 5.41) is 16.2. The van der Waals surface area contributed by atoms with Gasteiger partial charge in [0.05, 0.1) is 17.6 Å². The average molecular weight is 459 g/mol. The zero-order valence-corrected chi connectivity index (χ0v) is 18.8. The third kappa shape index (κ3) is 4.27. The Morgan fingerprint density at radius 1 is 1.09 bits per heavy atom. The molecule has 1 aliphatic rings. The van der Waals surface area contributed by atoms with Crippen LogP contribution in [-0.4, -0.2) is 32.0 Å². The second-order valence-corrected chi connectivity index (χ2v) is 8.98. The largest absolute Gasteiger partial charge is 0.326 e. The van der Waals surface area contributed by atoms with Crippen LogP contribution in [0.25, 0.3) is 5.69 Å². The van der Waals surface area contributed by atoms with Gasteiger partial charge >= 0.3 is 0 Å². The monoisotopic (exact) mass is 458 g/mol. The molecule has 0 spiro atoms. The van der Waals surface area contributed by atoms with Gasteiger partial charge in [-0.25, -0.2) is 4.68 Å². The normalized spacial score (nSPS) is 18.3. The summed E-state index contributed by atoms with van der Waals surface area (Å²) in [5.74, 6) is -0.479. The lowest BCUT2D eigenvalue weighted by Crippen LogP contribution is -2.46. The summed E-state index contributed by atoms with van der Waals surface area (Å²) >= 11 is 1.56. The van der Waals surface area contributed by atoms with Crippen LogP contribution in [0.1, 0.15) is 29.3 Å². The Bertz CT molecular complexity index is 1250. The fourth-order valence-electron chi connectivity index (χ4n) is 4.20. The SMILES string of the molecule is Cc1ccc(N2C(=O)CCC(C(=O)Nc3cccc(-n4cnnn4)c3)C2c2cccs2)cc1. The third-order valence-electron chi connectivity index (χ3n) is 5.81. The maximum Gasteiger partial charge on any atom is 0.229 e. The number of nitrogens with one attached hydrogen (secondary N) is 1. The number of benzene rings is 2. The van der Waals surface area contributed by atoms with E-state index in [-0.39, 0.29) is 23.8 Å². The van der Waals surface area contributed by atoms with Gasteiger partial charge in [-0.3, -0.25) is 9.59 Å². The Hall–Kier alpha value is -3.85. The van der Waals surface area contributed by atoms with Gasteiger partial charge in [0.1, 0.15) is 6.33 Å². The molecule has 1 N–H and O–H groups in total. The van der Waals surface area contributed by atoms with Crippen molar-refractivity contribution in [2.75, 3.05) is 10.2 Å². The molecule has 0 bridgehead atoms. The minimum Gasteiger partial charge on any atom is -0.326 e. The lowest BCUT2D eigenvalue weighted by atomic mass is 9.86. The summed E-state index contributed by atoms with van der Waals surface area (Å²) in [7, 11) is 0. The van der Waals surface area contributed by atoms with E-state index in [1.165, 1.54) is 11.0 Å². The number of aryl methyl sites for hydroxylation is 1. The van der Waals surface area contributed by atoms with E-state index >= 15 is 0 Å². The van der Waals surface area contributed by atoms with Gasteiger partial charge in [-0.15, -0.1) is 16.4 Å². The zero-order valence-electron chi connectivity index (χ0n) is 18.0. The van der Waals surface area contributed by atoms with Crippen LogP contribution in [0.5, 0.6) is 0 Å². The predicted molar refractivity (Wildman–Crippen MR) is 126 cm³/mol. The van der Waals surface area contributed by atoms with Crippen LogP contribution in [-0.2, 0) is 9.59 Å². The summed E-state index contributed by atoms with van der Waals surface area (Å²) in [6.07, 6.45) is 2.31. The van der Waals surface area contributed by atoms with Crippen LogP contribution in [0.15, 0.2) is 72.4 Å². The molecule has 1 fully saturated rings.